The van der Waals surface area contributed by atoms with Crippen LogP contribution >= 0.6 is 0 Å². The van der Waals surface area contributed by atoms with E-state index in [1.807, 2.05) is 26.8 Å². The number of rotatable bonds is 4. The van der Waals surface area contributed by atoms with Crippen molar-refractivity contribution in [2.24, 2.45) is 0 Å². The molecule has 11 heteroatoms. The molecule has 0 bridgehead atoms. The van der Waals surface area contributed by atoms with Crippen molar-refractivity contribution in [1.29, 1.82) is 0 Å². The summed E-state index contributed by atoms with van der Waals surface area (Å²) < 4.78 is 12.2. The van der Waals surface area contributed by atoms with Gasteiger partial charge in [0.05, 0.1) is 23.3 Å². The molecule has 3 aromatic rings. The number of piperazine rings is 1. The zero-order chi connectivity index (χ0) is 29.1. The van der Waals surface area contributed by atoms with Gasteiger partial charge in [0.15, 0.2) is 0 Å². The lowest BCUT2D eigenvalue weighted by molar-refractivity contribution is 0.0240. The Morgan fingerprint density at radius 2 is 1.55 bits per heavy atom. The van der Waals surface area contributed by atoms with Gasteiger partial charge in [-0.1, -0.05) is 6.07 Å². The number of nitrogens with one attached hydrogen (secondary N) is 1. The minimum absolute atomic E-state index is 0.215. The van der Waals surface area contributed by atoms with Crippen LogP contribution in [0.2, 0.25) is 0 Å². The number of nitrogens with zero attached hydrogens (tertiary/aromatic N) is 5. The van der Waals surface area contributed by atoms with E-state index in [9.17, 15) is 14.4 Å². The van der Waals surface area contributed by atoms with Gasteiger partial charge in [-0.05, 0) is 65.8 Å². The minimum atomic E-state index is -0.616. The van der Waals surface area contributed by atoms with Crippen molar-refractivity contribution in [3.05, 3.63) is 60.8 Å². The lowest BCUT2D eigenvalue weighted by atomic mass is 10.2. The average molecular weight is 549 g/mol. The maximum Gasteiger partial charge on any atom is 0.418 e. The highest BCUT2D eigenvalue weighted by Gasteiger charge is 2.27. The molecule has 3 aromatic heterocycles. The molecule has 0 unspecified atom stereocenters. The summed E-state index contributed by atoms with van der Waals surface area (Å²) in [5.74, 6) is -0.393. The minimum Gasteiger partial charge on any atom is -0.444 e. The van der Waals surface area contributed by atoms with Gasteiger partial charge in [-0.15, -0.1) is 0 Å². The summed E-state index contributed by atoms with van der Waals surface area (Å²) in [7, 11) is 0. The molecule has 40 heavy (non-hydrogen) atoms. The number of anilines is 2. The molecule has 0 radical (unpaired) electrons. The second-order valence-electron chi connectivity index (χ2n) is 11.5. The fourth-order valence-corrected chi connectivity index (χ4v) is 4.10. The van der Waals surface area contributed by atoms with Crippen LogP contribution in [0.1, 0.15) is 52.0 Å². The summed E-state index contributed by atoms with van der Waals surface area (Å²) >= 11 is 0. The van der Waals surface area contributed by atoms with Crippen molar-refractivity contribution in [3.63, 3.8) is 0 Å². The first-order valence-corrected chi connectivity index (χ1v) is 13.2. The molecule has 0 spiro atoms. The van der Waals surface area contributed by atoms with Crippen LogP contribution in [0, 0.1) is 0 Å². The predicted molar refractivity (Wildman–Crippen MR) is 152 cm³/mol. The number of carbonyl (C=O) groups is 3. The molecule has 2 amide bonds. The molecule has 4 heterocycles. The Morgan fingerprint density at radius 1 is 0.875 bits per heavy atom. The van der Waals surface area contributed by atoms with E-state index in [1.54, 1.807) is 74.7 Å². The molecule has 1 aliphatic heterocycles. The summed E-state index contributed by atoms with van der Waals surface area (Å²) in [5, 5.41) is 2.93. The van der Waals surface area contributed by atoms with Gasteiger partial charge in [-0.3, -0.25) is 14.3 Å². The first-order valence-electron chi connectivity index (χ1n) is 13.2. The Hall–Kier alpha value is -4.41. The number of amides is 2. The highest BCUT2D eigenvalue weighted by Crippen LogP contribution is 2.27. The van der Waals surface area contributed by atoms with Gasteiger partial charge < -0.3 is 24.6 Å². The molecule has 1 saturated heterocycles. The van der Waals surface area contributed by atoms with Crippen LogP contribution in [-0.2, 0) is 9.47 Å². The van der Waals surface area contributed by atoms with Crippen LogP contribution in [0.25, 0.3) is 11.3 Å². The van der Waals surface area contributed by atoms with E-state index >= 15 is 0 Å². The van der Waals surface area contributed by atoms with E-state index in [-0.39, 0.29) is 11.8 Å². The van der Waals surface area contributed by atoms with Crippen molar-refractivity contribution < 1.29 is 23.9 Å². The molecule has 0 saturated carbocycles. The van der Waals surface area contributed by atoms with Crippen molar-refractivity contribution in [2.75, 3.05) is 36.4 Å². The first kappa shape index (κ1) is 28.6. The summed E-state index contributed by atoms with van der Waals surface area (Å²) in [5.41, 5.74) is 1.61. The van der Waals surface area contributed by atoms with Gasteiger partial charge in [0.2, 0.25) is 0 Å². The van der Waals surface area contributed by atoms with Crippen LogP contribution in [0.4, 0.5) is 21.0 Å². The largest absolute Gasteiger partial charge is 0.444 e. The van der Waals surface area contributed by atoms with Crippen LogP contribution in [0.15, 0.2) is 55.1 Å². The zero-order valence-corrected chi connectivity index (χ0v) is 23.8. The van der Waals surface area contributed by atoms with E-state index in [2.05, 4.69) is 20.2 Å². The SMILES string of the molecule is CC(C)(C)OC(=O)N1CCN(c2ccncc2NC(=O)c2cccc(-c3ccn(C(=O)OC(C)(C)C)c3)n2)CC1. The number of hydrogen-bond donors (Lipinski definition) is 1. The molecule has 1 fully saturated rings. The first-order chi connectivity index (χ1) is 18.8. The molecule has 0 atom stereocenters. The third-order valence-electron chi connectivity index (χ3n) is 5.89. The van der Waals surface area contributed by atoms with Crippen molar-refractivity contribution in [3.8, 4) is 11.3 Å². The summed E-state index contributed by atoms with van der Waals surface area (Å²) in [4.78, 5) is 50.5. The average Bonchev–Trinajstić information content (AvgIpc) is 3.38. The van der Waals surface area contributed by atoms with Gasteiger partial charge in [0.1, 0.15) is 16.9 Å². The second-order valence-corrected chi connectivity index (χ2v) is 11.5. The number of carbonyl (C=O) groups excluding carboxylic acids is 3. The molecule has 11 nitrogen and oxygen atoms in total. The number of hydrogen-bond acceptors (Lipinski definition) is 8. The Morgan fingerprint density at radius 3 is 2.23 bits per heavy atom. The van der Waals surface area contributed by atoms with Crippen LogP contribution in [0.3, 0.4) is 0 Å². The van der Waals surface area contributed by atoms with Crippen molar-refractivity contribution >= 4 is 29.5 Å². The summed E-state index contributed by atoms with van der Waals surface area (Å²) in [6.45, 7) is 13.1. The summed E-state index contributed by atoms with van der Waals surface area (Å²) in [6, 6.07) is 8.71. The fourth-order valence-electron chi connectivity index (χ4n) is 4.10. The molecule has 1 N–H and O–H groups in total. The molecule has 212 valence electrons. The van der Waals surface area contributed by atoms with Crippen molar-refractivity contribution in [1.82, 2.24) is 19.4 Å². The van der Waals surface area contributed by atoms with Crippen LogP contribution < -0.4 is 10.2 Å². The summed E-state index contributed by atoms with van der Waals surface area (Å²) in [6.07, 6.45) is 5.65. The molecular weight excluding hydrogens is 512 g/mol. The third-order valence-corrected chi connectivity index (χ3v) is 5.89. The van der Waals surface area contributed by atoms with E-state index < -0.39 is 23.2 Å². The topological polar surface area (TPSA) is 119 Å². The number of pyridine rings is 2. The van der Waals surface area contributed by atoms with Gasteiger partial charge in [-0.2, -0.15) is 0 Å². The number of ether oxygens (including phenoxy) is 2. The highest BCUT2D eigenvalue weighted by molar-refractivity contribution is 6.04. The molecule has 0 aromatic carbocycles. The van der Waals surface area contributed by atoms with E-state index in [0.717, 1.165) is 5.69 Å². The monoisotopic (exact) mass is 548 g/mol. The maximum atomic E-state index is 13.2. The number of aromatic nitrogens is 3. The van der Waals surface area contributed by atoms with Gasteiger partial charge in [0, 0.05) is 50.3 Å². The maximum absolute atomic E-state index is 13.2. The van der Waals surface area contributed by atoms with Gasteiger partial charge in [-0.25, -0.2) is 14.6 Å². The van der Waals surface area contributed by atoms with Crippen LogP contribution in [-0.4, -0.2) is 74.9 Å². The molecule has 0 aliphatic carbocycles. The molecular formula is C29H36N6O5. The molecule has 1 aliphatic rings. The quantitative estimate of drug-likeness (QED) is 0.482. The standard InChI is InChI=1S/C29H36N6O5/c1-28(2,3)39-26(37)34-16-14-33(15-17-34)24-10-12-30-18-23(24)32-25(36)22-9-7-8-21(31-22)20-11-13-35(19-20)27(38)40-29(4,5)6/h7-13,18-19H,14-17H2,1-6H3,(H,32,36). The lowest BCUT2D eigenvalue weighted by Gasteiger charge is -2.37. The van der Waals surface area contributed by atoms with E-state index in [1.165, 1.54) is 4.57 Å². The molecule has 4 rings (SSSR count). The Kier molecular flexibility index (Phi) is 8.13. The van der Waals surface area contributed by atoms with Gasteiger partial charge >= 0.3 is 12.2 Å². The Labute approximate surface area is 234 Å². The van der Waals surface area contributed by atoms with E-state index in [0.29, 0.717) is 43.1 Å². The highest BCUT2D eigenvalue weighted by atomic mass is 16.6. The van der Waals surface area contributed by atoms with Crippen LogP contribution in [0.5, 0.6) is 0 Å². The van der Waals surface area contributed by atoms with E-state index in [4.69, 9.17) is 9.47 Å². The fraction of sp³-hybridized carbons (Fsp3) is 0.414. The smallest absolute Gasteiger partial charge is 0.418 e. The lowest BCUT2D eigenvalue weighted by Crippen LogP contribution is -2.50. The Bertz CT molecular complexity index is 1380. The predicted octanol–water partition coefficient (Wildman–Crippen LogP) is 5.04. The normalized spacial score (nSPS) is 14.1. The van der Waals surface area contributed by atoms with Gasteiger partial charge in [0.25, 0.3) is 5.91 Å². The van der Waals surface area contributed by atoms with Crippen molar-refractivity contribution in [2.45, 2.75) is 52.7 Å². The second kappa shape index (κ2) is 11.4. The zero-order valence-electron chi connectivity index (χ0n) is 23.8. The Balaban J connectivity index is 1.44. The third kappa shape index (κ3) is 7.37.